The van der Waals surface area contributed by atoms with Gasteiger partial charge in [0.05, 0.1) is 17.1 Å². The highest BCUT2D eigenvalue weighted by Crippen LogP contribution is 2.19. The minimum Gasteiger partial charge on any atom is -0.268 e. The van der Waals surface area contributed by atoms with E-state index in [9.17, 15) is 0 Å². The smallest absolute Gasteiger partial charge is 0.117 e. The van der Waals surface area contributed by atoms with Crippen molar-refractivity contribution >= 4 is 26.8 Å². The molecule has 56 valence electrons. The van der Waals surface area contributed by atoms with E-state index in [0.717, 1.165) is 15.5 Å². The first-order valence-electron chi connectivity index (χ1n) is 3.21. The van der Waals surface area contributed by atoms with Gasteiger partial charge in [0.2, 0.25) is 0 Å². The van der Waals surface area contributed by atoms with Gasteiger partial charge in [0.1, 0.15) is 4.60 Å². The number of pyridine rings is 1. The van der Waals surface area contributed by atoms with Crippen molar-refractivity contribution in [1.82, 2.24) is 14.8 Å². The Kier molecular flexibility index (Phi) is 1.42. The molecule has 0 saturated heterocycles. The van der Waals surface area contributed by atoms with E-state index in [1.807, 2.05) is 17.8 Å². The van der Waals surface area contributed by atoms with Crippen molar-refractivity contribution in [3.05, 3.63) is 23.1 Å². The van der Waals surface area contributed by atoms with Gasteiger partial charge in [-0.15, -0.1) is 0 Å². The molecule has 2 aromatic heterocycles. The molecule has 0 atom stereocenters. The number of hydrogen-bond donors (Lipinski definition) is 0. The average Bonchev–Trinajstić information content (AvgIpc) is 2.35. The Bertz CT molecular complexity index is 393. The van der Waals surface area contributed by atoms with Crippen LogP contribution in [0.15, 0.2) is 23.1 Å². The minimum atomic E-state index is 0.850. The van der Waals surface area contributed by atoms with E-state index >= 15 is 0 Å². The third kappa shape index (κ3) is 0.939. The summed E-state index contributed by atoms with van der Waals surface area (Å²) in [4.78, 5) is 4.08. The quantitative estimate of drug-likeness (QED) is 0.622. The summed E-state index contributed by atoms with van der Waals surface area (Å²) in [5.74, 6) is 0. The first-order valence-corrected chi connectivity index (χ1v) is 4.00. The maximum Gasteiger partial charge on any atom is 0.117 e. The van der Waals surface area contributed by atoms with E-state index in [4.69, 9.17) is 0 Å². The maximum absolute atomic E-state index is 4.10. The Morgan fingerprint density at radius 3 is 3.09 bits per heavy atom. The number of aromatic nitrogens is 3. The monoisotopic (exact) mass is 211 g/mol. The van der Waals surface area contributed by atoms with Gasteiger partial charge in [-0.2, -0.15) is 5.10 Å². The lowest BCUT2D eigenvalue weighted by Gasteiger charge is -1.93. The topological polar surface area (TPSA) is 30.7 Å². The van der Waals surface area contributed by atoms with Crippen LogP contribution in [0.5, 0.6) is 0 Å². The van der Waals surface area contributed by atoms with Crippen LogP contribution in [-0.2, 0) is 7.05 Å². The molecule has 0 aliphatic heterocycles. The van der Waals surface area contributed by atoms with Gasteiger partial charge in [-0.3, -0.25) is 4.68 Å². The SMILES string of the molecule is Cn1ncc2c(Br)nccc21. The number of aryl methyl sites for hydroxylation is 1. The summed E-state index contributed by atoms with van der Waals surface area (Å²) < 4.78 is 2.67. The molecule has 11 heavy (non-hydrogen) atoms. The fraction of sp³-hybridized carbons (Fsp3) is 0.143. The predicted octanol–water partition coefficient (Wildman–Crippen LogP) is 1.73. The van der Waals surface area contributed by atoms with Crippen LogP contribution in [0.2, 0.25) is 0 Å². The fourth-order valence-corrected chi connectivity index (χ4v) is 1.47. The van der Waals surface area contributed by atoms with E-state index in [1.54, 1.807) is 12.4 Å². The highest BCUT2D eigenvalue weighted by atomic mass is 79.9. The van der Waals surface area contributed by atoms with Crippen molar-refractivity contribution in [3.63, 3.8) is 0 Å². The standard InChI is InChI=1S/C7H6BrN3/c1-11-6-2-3-9-7(8)5(6)4-10-11/h2-4H,1H3. The largest absolute Gasteiger partial charge is 0.268 e. The van der Waals surface area contributed by atoms with Crippen LogP contribution in [0, 0.1) is 0 Å². The number of hydrogen-bond acceptors (Lipinski definition) is 2. The molecule has 0 aliphatic carbocycles. The van der Waals surface area contributed by atoms with Gasteiger partial charge in [-0.1, -0.05) is 0 Å². The van der Waals surface area contributed by atoms with Crippen molar-refractivity contribution < 1.29 is 0 Å². The molecule has 4 heteroatoms. The van der Waals surface area contributed by atoms with Gasteiger partial charge in [0, 0.05) is 13.2 Å². The summed E-state index contributed by atoms with van der Waals surface area (Å²) in [7, 11) is 1.91. The summed E-state index contributed by atoms with van der Waals surface area (Å²) >= 11 is 3.35. The van der Waals surface area contributed by atoms with Crippen molar-refractivity contribution in [3.8, 4) is 0 Å². The predicted molar refractivity (Wildman–Crippen MR) is 46.2 cm³/mol. The van der Waals surface area contributed by atoms with Crippen LogP contribution in [0.1, 0.15) is 0 Å². The minimum absolute atomic E-state index is 0.850. The third-order valence-corrected chi connectivity index (χ3v) is 2.26. The van der Waals surface area contributed by atoms with Crippen LogP contribution in [-0.4, -0.2) is 14.8 Å². The molecule has 0 aliphatic rings. The van der Waals surface area contributed by atoms with Gasteiger partial charge in [0.25, 0.3) is 0 Å². The van der Waals surface area contributed by atoms with Gasteiger partial charge < -0.3 is 0 Å². The van der Waals surface area contributed by atoms with E-state index < -0.39 is 0 Å². The highest BCUT2D eigenvalue weighted by molar-refractivity contribution is 9.10. The number of rotatable bonds is 0. The third-order valence-electron chi connectivity index (χ3n) is 1.63. The van der Waals surface area contributed by atoms with Crippen molar-refractivity contribution in [2.45, 2.75) is 0 Å². The van der Waals surface area contributed by atoms with E-state index in [0.29, 0.717) is 0 Å². The summed E-state index contributed by atoms with van der Waals surface area (Å²) in [5.41, 5.74) is 1.09. The van der Waals surface area contributed by atoms with E-state index in [1.165, 1.54) is 0 Å². The molecular weight excluding hydrogens is 206 g/mol. The molecule has 0 unspecified atom stereocenters. The summed E-state index contributed by atoms with van der Waals surface area (Å²) in [6.07, 6.45) is 3.56. The molecule has 2 rings (SSSR count). The van der Waals surface area contributed by atoms with Crippen molar-refractivity contribution in [2.24, 2.45) is 7.05 Å². The van der Waals surface area contributed by atoms with Gasteiger partial charge >= 0.3 is 0 Å². The van der Waals surface area contributed by atoms with E-state index in [-0.39, 0.29) is 0 Å². The van der Waals surface area contributed by atoms with Crippen LogP contribution >= 0.6 is 15.9 Å². The molecule has 0 N–H and O–H groups in total. The van der Waals surface area contributed by atoms with Gasteiger partial charge in [-0.05, 0) is 22.0 Å². The zero-order valence-electron chi connectivity index (χ0n) is 5.95. The van der Waals surface area contributed by atoms with Crippen LogP contribution in [0.4, 0.5) is 0 Å². The maximum atomic E-state index is 4.10. The van der Waals surface area contributed by atoms with Crippen LogP contribution in [0.25, 0.3) is 10.9 Å². The Labute approximate surface area is 72.2 Å². The average molecular weight is 212 g/mol. The Morgan fingerprint density at radius 1 is 1.55 bits per heavy atom. The zero-order chi connectivity index (χ0) is 7.84. The van der Waals surface area contributed by atoms with Crippen molar-refractivity contribution in [2.75, 3.05) is 0 Å². The summed E-state index contributed by atoms with van der Waals surface area (Å²) in [6.45, 7) is 0. The number of halogens is 1. The molecule has 2 aromatic rings. The second-order valence-electron chi connectivity index (χ2n) is 2.30. The molecule has 2 heterocycles. The normalized spacial score (nSPS) is 10.7. The number of fused-ring (bicyclic) bond motifs is 1. The van der Waals surface area contributed by atoms with E-state index in [2.05, 4.69) is 26.0 Å². The Balaban J connectivity index is 2.94. The lowest BCUT2D eigenvalue weighted by molar-refractivity contribution is 0.797. The molecule has 0 amide bonds. The first kappa shape index (κ1) is 6.79. The van der Waals surface area contributed by atoms with Crippen LogP contribution < -0.4 is 0 Å². The Morgan fingerprint density at radius 2 is 2.36 bits per heavy atom. The van der Waals surface area contributed by atoms with Gasteiger partial charge in [0.15, 0.2) is 0 Å². The Hall–Kier alpha value is -0.900. The summed E-state index contributed by atoms with van der Waals surface area (Å²) in [6, 6.07) is 1.94. The second-order valence-corrected chi connectivity index (χ2v) is 3.05. The molecule has 0 bridgehead atoms. The lowest BCUT2D eigenvalue weighted by atomic mass is 10.3. The van der Waals surface area contributed by atoms with Crippen molar-refractivity contribution in [1.29, 1.82) is 0 Å². The molecule has 3 nitrogen and oxygen atoms in total. The zero-order valence-corrected chi connectivity index (χ0v) is 7.54. The lowest BCUT2D eigenvalue weighted by Crippen LogP contribution is -1.88. The second kappa shape index (κ2) is 2.30. The molecule has 0 radical (unpaired) electrons. The molecule has 0 fully saturated rings. The molecule has 0 spiro atoms. The highest BCUT2D eigenvalue weighted by Gasteiger charge is 2.01. The first-order chi connectivity index (χ1) is 5.29. The number of nitrogens with zero attached hydrogens (tertiary/aromatic N) is 3. The van der Waals surface area contributed by atoms with Crippen LogP contribution in [0.3, 0.4) is 0 Å². The molecular formula is C7H6BrN3. The van der Waals surface area contributed by atoms with Gasteiger partial charge in [-0.25, -0.2) is 4.98 Å². The fourth-order valence-electron chi connectivity index (χ4n) is 1.05. The molecule has 0 aromatic carbocycles. The summed E-state index contributed by atoms with van der Waals surface area (Å²) in [5, 5.41) is 5.15. The molecule has 0 saturated carbocycles.